The second-order valence-corrected chi connectivity index (χ2v) is 10.6. The fourth-order valence-corrected chi connectivity index (χ4v) is 4.89. The molecule has 1 fully saturated rings. The number of piperidine rings is 1. The predicted octanol–water partition coefficient (Wildman–Crippen LogP) is 5.37. The molecule has 190 valence electrons. The summed E-state index contributed by atoms with van der Waals surface area (Å²) in [7, 11) is 0. The van der Waals surface area contributed by atoms with Gasteiger partial charge in [-0.1, -0.05) is 56.6 Å². The Balaban J connectivity index is 1.29. The summed E-state index contributed by atoms with van der Waals surface area (Å²) in [5, 5.41) is 7.14. The molecule has 1 amide bonds. The SMILES string of the molecule is CC(C)(C)c1ccc([C@@H](CNC(=O)c2cc(-c3ccc4c(c3)OCCO4)on2)N2CCCCC2)cc1. The first-order valence-electron chi connectivity index (χ1n) is 12.9. The van der Waals surface area contributed by atoms with Crippen LogP contribution in [0, 0.1) is 0 Å². The number of carbonyl (C=O) groups is 1. The quantitative estimate of drug-likeness (QED) is 0.502. The van der Waals surface area contributed by atoms with Crippen molar-refractivity contribution in [2.75, 3.05) is 32.8 Å². The third-order valence-electron chi connectivity index (χ3n) is 7.02. The number of nitrogens with one attached hydrogen (secondary N) is 1. The Labute approximate surface area is 212 Å². The maximum atomic E-state index is 13.0. The standard InChI is InChI=1S/C29H35N3O4/c1-29(2,3)22-10-7-20(8-11-22)24(32-13-5-4-6-14-32)19-30-28(33)23-18-26(36-31-23)21-9-12-25-27(17-21)35-16-15-34-25/h7-12,17-18,24H,4-6,13-16,19H2,1-3H3,(H,30,33)/t24-/m1/s1. The Morgan fingerprint density at radius 2 is 1.69 bits per heavy atom. The number of rotatable bonds is 6. The number of fused-ring (bicyclic) bond motifs is 1. The van der Waals surface area contributed by atoms with Crippen molar-refractivity contribution in [1.82, 2.24) is 15.4 Å². The predicted molar refractivity (Wildman–Crippen MR) is 139 cm³/mol. The lowest BCUT2D eigenvalue weighted by Gasteiger charge is -2.35. The van der Waals surface area contributed by atoms with Crippen molar-refractivity contribution >= 4 is 5.91 Å². The van der Waals surface area contributed by atoms with E-state index < -0.39 is 0 Å². The van der Waals surface area contributed by atoms with Gasteiger partial charge in [-0.05, 0) is 60.7 Å². The summed E-state index contributed by atoms with van der Waals surface area (Å²) in [6, 6.07) is 16.2. The smallest absolute Gasteiger partial charge is 0.273 e. The number of hydrogen-bond acceptors (Lipinski definition) is 6. The van der Waals surface area contributed by atoms with E-state index >= 15 is 0 Å². The fraction of sp³-hybridized carbons (Fsp3) is 0.448. The molecule has 5 rings (SSSR count). The normalized spacial score (nSPS) is 17.0. The van der Waals surface area contributed by atoms with E-state index in [1.165, 1.54) is 30.4 Å². The maximum Gasteiger partial charge on any atom is 0.273 e. The van der Waals surface area contributed by atoms with Gasteiger partial charge in [0.1, 0.15) is 13.2 Å². The number of aromatic nitrogens is 1. The van der Waals surface area contributed by atoms with E-state index in [9.17, 15) is 4.79 Å². The number of amides is 1. The molecule has 3 aromatic rings. The van der Waals surface area contributed by atoms with Crippen molar-refractivity contribution in [3.8, 4) is 22.8 Å². The molecule has 0 aliphatic carbocycles. The van der Waals surface area contributed by atoms with Crippen LogP contribution in [0.25, 0.3) is 11.3 Å². The highest BCUT2D eigenvalue weighted by atomic mass is 16.6. The molecule has 2 aliphatic heterocycles. The van der Waals surface area contributed by atoms with Crippen molar-refractivity contribution in [2.45, 2.75) is 51.5 Å². The molecule has 0 unspecified atom stereocenters. The van der Waals surface area contributed by atoms with Crippen molar-refractivity contribution in [3.05, 3.63) is 65.4 Å². The largest absolute Gasteiger partial charge is 0.486 e. The van der Waals surface area contributed by atoms with Crippen molar-refractivity contribution in [1.29, 1.82) is 0 Å². The van der Waals surface area contributed by atoms with Crippen molar-refractivity contribution < 1.29 is 18.8 Å². The van der Waals surface area contributed by atoms with Gasteiger partial charge in [0.15, 0.2) is 23.0 Å². The summed E-state index contributed by atoms with van der Waals surface area (Å²) in [5.41, 5.74) is 3.69. The van der Waals surface area contributed by atoms with E-state index in [1.807, 2.05) is 18.2 Å². The summed E-state index contributed by atoms with van der Waals surface area (Å²) in [5.74, 6) is 1.66. The second kappa shape index (κ2) is 10.3. The van der Waals surface area contributed by atoms with E-state index in [0.717, 1.165) is 18.7 Å². The summed E-state index contributed by atoms with van der Waals surface area (Å²) in [4.78, 5) is 15.5. The molecule has 0 bridgehead atoms. The molecule has 1 saturated heterocycles. The van der Waals surface area contributed by atoms with Gasteiger partial charge in [-0.3, -0.25) is 9.69 Å². The van der Waals surface area contributed by atoms with Gasteiger partial charge in [-0.15, -0.1) is 0 Å². The number of ether oxygens (including phenoxy) is 2. The first-order valence-corrected chi connectivity index (χ1v) is 12.9. The third kappa shape index (κ3) is 5.41. The highest BCUT2D eigenvalue weighted by Crippen LogP contribution is 2.35. The van der Waals surface area contributed by atoms with E-state index in [1.54, 1.807) is 6.07 Å². The van der Waals surface area contributed by atoms with Gasteiger partial charge >= 0.3 is 0 Å². The second-order valence-electron chi connectivity index (χ2n) is 10.6. The van der Waals surface area contributed by atoms with Crippen LogP contribution >= 0.6 is 0 Å². The average Bonchev–Trinajstić information content (AvgIpc) is 3.39. The minimum Gasteiger partial charge on any atom is -0.486 e. The van der Waals surface area contributed by atoms with E-state index in [2.05, 4.69) is 60.4 Å². The Kier molecular flexibility index (Phi) is 7.01. The fourth-order valence-electron chi connectivity index (χ4n) is 4.89. The molecule has 1 atom stereocenters. The first kappa shape index (κ1) is 24.4. The number of nitrogens with zero attached hydrogens (tertiary/aromatic N) is 2. The Morgan fingerprint density at radius 3 is 2.42 bits per heavy atom. The number of carbonyl (C=O) groups excluding carboxylic acids is 1. The molecular weight excluding hydrogens is 454 g/mol. The molecule has 3 heterocycles. The molecule has 2 aromatic carbocycles. The van der Waals surface area contributed by atoms with Gasteiger partial charge in [-0.2, -0.15) is 0 Å². The van der Waals surface area contributed by atoms with Gasteiger partial charge in [0.05, 0.1) is 6.04 Å². The monoisotopic (exact) mass is 489 g/mol. The lowest BCUT2D eigenvalue weighted by molar-refractivity contribution is 0.0915. The molecule has 0 radical (unpaired) electrons. The minimum absolute atomic E-state index is 0.106. The average molecular weight is 490 g/mol. The first-order chi connectivity index (χ1) is 17.4. The third-order valence-corrected chi connectivity index (χ3v) is 7.02. The van der Waals surface area contributed by atoms with Crippen molar-refractivity contribution in [2.24, 2.45) is 0 Å². The zero-order valence-corrected chi connectivity index (χ0v) is 21.4. The van der Waals surface area contributed by atoms with Gasteiger partial charge in [-0.25, -0.2) is 0 Å². The van der Waals surface area contributed by atoms with Crippen molar-refractivity contribution in [3.63, 3.8) is 0 Å². The summed E-state index contributed by atoms with van der Waals surface area (Å²) < 4.78 is 16.7. The zero-order valence-electron chi connectivity index (χ0n) is 21.4. The highest BCUT2D eigenvalue weighted by molar-refractivity contribution is 5.93. The van der Waals surface area contributed by atoms with Gasteiger partial charge in [0, 0.05) is 18.2 Å². The zero-order chi connectivity index (χ0) is 25.1. The molecule has 1 N–H and O–H groups in total. The molecule has 2 aliphatic rings. The lowest BCUT2D eigenvalue weighted by Crippen LogP contribution is -2.40. The van der Waals surface area contributed by atoms with Crippen LogP contribution < -0.4 is 14.8 Å². The van der Waals surface area contributed by atoms with Crippen LogP contribution in [0.2, 0.25) is 0 Å². The molecule has 1 aromatic heterocycles. The van der Waals surface area contributed by atoms with Gasteiger partial charge in [0.2, 0.25) is 0 Å². The molecule has 0 saturated carbocycles. The topological polar surface area (TPSA) is 76.8 Å². The number of benzene rings is 2. The maximum absolute atomic E-state index is 13.0. The molecule has 0 spiro atoms. The van der Waals surface area contributed by atoms with Crippen LogP contribution in [0.3, 0.4) is 0 Å². The summed E-state index contributed by atoms with van der Waals surface area (Å²) in [6.45, 7) is 10.3. The van der Waals surface area contributed by atoms with Gasteiger partial charge < -0.3 is 19.3 Å². The molecule has 7 heteroatoms. The number of likely N-dealkylation sites (tertiary alicyclic amines) is 1. The van der Waals surface area contributed by atoms with Crippen LogP contribution in [0.5, 0.6) is 11.5 Å². The molecule has 7 nitrogen and oxygen atoms in total. The Morgan fingerprint density at radius 1 is 0.972 bits per heavy atom. The molecule has 36 heavy (non-hydrogen) atoms. The molecular formula is C29H35N3O4. The van der Waals surface area contributed by atoms with Crippen LogP contribution in [0.4, 0.5) is 0 Å². The van der Waals surface area contributed by atoms with E-state index in [0.29, 0.717) is 37.0 Å². The van der Waals surface area contributed by atoms with Crippen LogP contribution in [0.15, 0.2) is 53.1 Å². The minimum atomic E-state index is -0.240. The Bertz CT molecular complexity index is 1190. The summed E-state index contributed by atoms with van der Waals surface area (Å²) in [6.07, 6.45) is 3.64. The number of hydrogen-bond donors (Lipinski definition) is 1. The van der Waals surface area contributed by atoms with Crippen LogP contribution in [-0.4, -0.2) is 48.8 Å². The van der Waals surface area contributed by atoms with Crippen LogP contribution in [0.1, 0.15) is 67.7 Å². The lowest BCUT2D eigenvalue weighted by atomic mass is 9.86. The van der Waals surface area contributed by atoms with E-state index in [-0.39, 0.29) is 23.1 Å². The van der Waals surface area contributed by atoms with Gasteiger partial charge in [0.25, 0.3) is 5.91 Å². The Hall–Kier alpha value is -3.32. The highest BCUT2D eigenvalue weighted by Gasteiger charge is 2.25. The summed E-state index contributed by atoms with van der Waals surface area (Å²) >= 11 is 0. The van der Waals surface area contributed by atoms with Crippen LogP contribution in [-0.2, 0) is 5.41 Å². The van der Waals surface area contributed by atoms with E-state index in [4.69, 9.17) is 14.0 Å².